The van der Waals surface area contributed by atoms with Gasteiger partial charge in [-0.3, -0.25) is 4.79 Å². The quantitative estimate of drug-likeness (QED) is 0.751. The van der Waals surface area contributed by atoms with Gasteiger partial charge in [0.15, 0.2) is 0 Å². The molecule has 1 heterocycles. The van der Waals surface area contributed by atoms with Gasteiger partial charge in [0.05, 0.1) is 12.1 Å². The van der Waals surface area contributed by atoms with Gasteiger partial charge in [0.2, 0.25) is 0 Å². The van der Waals surface area contributed by atoms with Gasteiger partial charge in [0.25, 0.3) is 12.3 Å². The molecule has 0 aliphatic heterocycles. The van der Waals surface area contributed by atoms with Crippen LogP contribution >= 0.6 is 22.9 Å². The minimum Gasteiger partial charge on any atom is -0.332 e. The first-order chi connectivity index (χ1) is 7.56. The zero-order valence-corrected chi connectivity index (χ0v) is 10.3. The van der Waals surface area contributed by atoms with E-state index in [9.17, 15) is 13.6 Å². The molecule has 0 N–H and O–H groups in total. The predicted molar refractivity (Wildman–Crippen MR) is 61.7 cm³/mol. The number of hydrogen-bond donors (Lipinski definition) is 0. The average molecular weight is 268 g/mol. The van der Waals surface area contributed by atoms with Crippen LogP contribution in [0, 0.1) is 6.92 Å². The van der Waals surface area contributed by atoms with Crippen molar-refractivity contribution in [1.29, 1.82) is 0 Å². The summed E-state index contributed by atoms with van der Waals surface area (Å²) in [6, 6.07) is 0. The molecule has 1 amide bonds. The van der Waals surface area contributed by atoms with Crippen LogP contribution in [0.5, 0.6) is 0 Å². The molecule has 90 valence electrons. The van der Waals surface area contributed by atoms with Crippen molar-refractivity contribution >= 4 is 28.8 Å². The number of nitrogens with zero attached hydrogens (tertiary/aromatic N) is 1. The van der Waals surface area contributed by atoms with E-state index in [0.29, 0.717) is 5.56 Å². The molecule has 0 unspecified atom stereocenters. The first-order valence-electron chi connectivity index (χ1n) is 4.72. The highest BCUT2D eigenvalue weighted by Crippen LogP contribution is 2.16. The standard InChI is InChI=1S/C10H12ClF2NOS/c1-7-5-16-6-8(7)10(15)14(3-2-11)4-9(12)13/h5-6,9H,2-4H2,1H3. The van der Waals surface area contributed by atoms with Crippen molar-refractivity contribution in [2.45, 2.75) is 13.3 Å². The number of hydrogen-bond acceptors (Lipinski definition) is 2. The first kappa shape index (κ1) is 13.4. The highest BCUT2D eigenvalue weighted by atomic mass is 35.5. The Morgan fingerprint density at radius 2 is 2.25 bits per heavy atom. The fourth-order valence-corrected chi connectivity index (χ4v) is 2.32. The van der Waals surface area contributed by atoms with Gasteiger partial charge in [-0.2, -0.15) is 11.3 Å². The Kier molecular flexibility index (Phi) is 5.15. The van der Waals surface area contributed by atoms with Gasteiger partial charge >= 0.3 is 0 Å². The Bertz CT molecular complexity index is 356. The lowest BCUT2D eigenvalue weighted by Gasteiger charge is -2.21. The van der Waals surface area contributed by atoms with E-state index in [4.69, 9.17) is 11.6 Å². The van der Waals surface area contributed by atoms with E-state index in [1.165, 1.54) is 11.3 Å². The van der Waals surface area contributed by atoms with Crippen LogP contribution in [0.2, 0.25) is 0 Å². The average Bonchev–Trinajstić information content (AvgIpc) is 2.62. The van der Waals surface area contributed by atoms with Crippen molar-refractivity contribution < 1.29 is 13.6 Å². The number of carbonyl (C=O) groups is 1. The Morgan fingerprint density at radius 1 is 1.56 bits per heavy atom. The summed E-state index contributed by atoms with van der Waals surface area (Å²) in [5.74, 6) is -0.221. The molecule has 6 heteroatoms. The van der Waals surface area contributed by atoms with Crippen LogP contribution in [-0.4, -0.2) is 36.2 Å². The van der Waals surface area contributed by atoms with E-state index in [-0.39, 0.29) is 18.3 Å². The summed E-state index contributed by atoms with van der Waals surface area (Å²) < 4.78 is 24.6. The topological polar surface area (TPSA) is 20.3 Å². The van der Waals surface area contributed by atoms with Gasteiger partial charge in [-0.25, -0.2) is 8.78 Å². The number of rotatable bonds is 5. The van der Waals surface area contributed by atoms with Crippen molar-refractivity contribution in [3.8, 4) is 0 Å². The Morgan fingerprint density at radius 3 is 2.69 bits per heavy atom. The lowest BCUT2D eigenvalue weighted by atomic mass is 10.2. The number of halogens is 3. The summed E-state index contributed by atoms with van der Waals surface area (Å²) >= 11 is 6.87. The number of carbonyl (C=O) groups excluding carboxylic acids is 1. The van der Waals surface area contributed by atoms with E-state index >= 15 is 0 Å². The van der Waals surface area contributed by atoms with Crippen LogP contribution in [0.15, 0.2) is 10.8 Å². The molecule has 1 aromatic rings. The second-order valence-corrected chi connectivity index (χ2v) is 4.42. The van der Waals surface area contributed by atoms with E-state index in [1.54, 1.807) is 12.3 Å². The number of thiophene rings is 1. The molecule has 0 saturated carbocycles. The Balaban J connectivity index is 2.78. The van der Waals surface area contributed by atoms with Gasteiger partial charge in [0.1, 0.15) is 0 Å². The van der Waals surface area contributed by atoms with Crippen molar-refractivity contribution in [3.63, 3.8) is 0 Å². The first-order valence-corrected chi connectivity index (χ1v) is 6.20. The molecule has 0 aliphatic rings. The van der Waals surface area contributed by atoms with Crippen molar-refractivity contribution in [2.75, 3.05) is 19.0 Å². The Labute approximate surface area is 102 Å². The van der Waals surface area contributed by atoms with E-state index in [1.807, 2.05) is 5.38 Å². The molecule has 0 bridgehead atoms. The maximum atomic E-state index is 12.3. The molecule has 0 saturated heterocycles. The Hall–Kier alpha value is -0.680. The normalized spacial score (nSPS) is 10.8. The maximum Gasteiger partial charge on any atom is 0.255 e. The smallest absolute Gasteiger partial charge is 0.255 e. The SMILES string of the molecule is Cc1cscc1C(=O)N(CCCl)CC(F)F. The zero-order valence-electron chi connectivity index (χ0n) is 8.75. The summed E-state index contributed by atoms with van der Waals surface area (Å²) in [7, 11) is 0. The van der Waals surface area contributed by atoms with Gasteiger partial charge in [0, 0.05) is 17.8 Å². The van der Waals surface area contributed by atoms with Crippen molar-refractivity contribution in [2.24, 2.45) is 0 Å². The third-order valence-electron chi connectivity index (χ3n) is 2.09. The van der Waals surface area contributed by atoms with Crippen LogP contribution in [0.25, 0.3) is 0 Å². The van der Waals surface area contributed by atoms with Gasteiger partial charge < -0.3 is 4.90 Å². The number of alkyl halides is 3. The summed E-state index contributed by atoms with van der Waals surface area (Å²) in [5, 5.41) is 3.48. The molecule has 2 nitrogen and oxygen atoms in total. The molecule has 1 rings (SSSR count). The molecule has 0 fully saturated rings. The van der Waals surface area contributed by atoms with Crippen molar-refractivity contribution in [3.05, 3.63) is 21.9 Å². The van der Waals surface area contributed by atoms with Crippen LogP contribution in [0.1, 0.15) is 15.9 Å². The summed E-state index contributed by atoms with van der Waals surface area (Å²) in [5.41, 5.74) is 1.29. The van der Waals surface area contributed by atoms with Crippen LogP contribution in [-0.2, 0) is 0 Å². The fraction of sp³-hybridized carbons (Fsp3) is 0.500. The van der Waals surface area contributed by atoms with Gasteiger partial charge in [-0.1, -0.05) is 0 Å². The van der Waals surface area contributed by atoms with E-state index in [2.05, 4.69) is 0 Å². The van der Waals surface area contributed by atoms with Crippen LogP contribution in [0.4, 0.5) is 8.78 Å². The summed E-state index contributed by atoms with van der Waals surface area (Å²) in [6.45, 7) is 1.35. The summed E-state index contributed by atoms with van der Waals surface area (Å²) in [4.78, 5) is 13.0. The molecular weight excluding hydrogens is 256 g/mol. The molecule has 0 aromatic carbocycles. The lowest BCUT2D eigenvalue weighted by molar-refractivity contribution is 0.0571. The molecule has 0 aliphatic carbocycles. The molecule has 0 radical (unpaired) electrons. The van der Waals surface area contributed by atoms with Gasteiger partial charge in [-0.15, -0.1) is 11.6 Å². The molecule has 1 aromatic heterocycles. The molecule has 0 spiro atoms. The zero-order chi connectivity index (χ0) is 12.1. The fourth-order valence-electron chi connectivity index (χ4n) is 1.29. The third kappa shape index (κ3) is 3.42. The monoisotopic (exact) mass is 267 g/mol. The third-order valence-corrected chi connectivity index (χ3v) is 3.12. The minimum atomic E-state index is -2.54. The van der Waals surface area contributed by atoms with Crippen LogP contribution in [0.3, 0.4) is 0 Å². The largest absolute Gasteiger partial charge is 0.332 e. The molecular formula is C10H12ClF2NOS. The highest BCUT2D eigenvalue weighted by Gasteiger charge is 2.20. The summed E-state index contributed by atoms with van der Waals surface area (Å²) in [6.07, 6.45) is -2.54. The minimum absolute atomic E-state index is 0.139. The van der Waals surface area contributed by atoms with Gasteiger partial charge in [-0.05, 0) is 17.9 Å². The van der Waals surface area contributed by atoms with Crippen LogP contribution < -0.4 is 0 Å². The number of amides is 1. The van der Waals surface area contributed by atoms with E-state index < -0.39 is 13.0 Å². The lowest BCUT2D eigenvalue weighted by Crippen LogP contribution is -2.36. The predicted octanol–water partition coefficient (Wildman–Crippen LogP) is 3.00. The van der Waals surface area contributed by atoms with E-state index in [0.717, 1.165) is 10.5 Å². The maximum absolute atomic E-state index is 12.3. The molecule has 16 heavy (non-hydrogen) atoms. The second kappa shape index (κ2) is 6.15. The van der Waals surface area contributed by atoms with Crippen molar-refractivity contribution in [1.82, 2.24) is 4.90 Å². The molecule has 0 atom stereocenters. The second-order valence-electron chi connectivity index (χ2n) is 3.30. The highest BCUT2D eigenvalue weighted by molar-refractivity contribution is 7.08. The number of aryl methyl sites for hydroxylation is 1.